The average Bonchev–Trinajstić information content (AvgIpc) is 3.03. The van der Waals surface area contributed by atoms with E-state index < -0.39 is 0 Å². The maximum atomic E-state index is 13.1. The molecule has 0 saturated carbocycles. The number of benzene rings is 2. The third kappa shape index (κ3) is 3.39. The molecule has 0 bridgehead atoms. The Kier molecular flexibility index (Phi) is 4.65. The quantitative estimate of drug-likeness (QED) is 0.680. The highest BCUT2D eigenvalue weighted by molar-refractivity contribution is 6.07. The van der Waals surface area contributed by atoms with Gasteiger partial charge in [-0.1, -0.05) is 18.2 Å². The molecule has 28 heavy (non-hydrogen) atoms. The summed E-state index contributed by atoms with van der Waals surface area (Å²) in [6.45, 7) is 3.59. The number of carbonyl (C=O) groups is 2. The van der Waals surface area contributed by atoms with Gasteiger partial charge in [0.15, 0.2) is 5.78 Å². The van der Waals surface area contributed by atoms with Crippen LogP contribution < -0.4 is 10.2 Å². The van der Waals surface area contributed by atoms with E-state index in [4.69, 9.17) is 0 Å². The Labute approximate surface area is 164 Å². The highest BCUT2D eigenvalue weighted by Gasteiger charge is 2.31. The number of aromatic nitrogens is 1. The standard InChI is InChI=1S/C23H21N3O2/c1-15-13-18-5-3-4-6-22(18)26(15)23(28)21-14-20(11-12-24-21)25-19-9-7-17(8-10-19)16(2)27/h3-12,14-15H,13H2,1-2H3,(H,24,25). The third-order valence-electron chi connectivity index (χ3n) is 4.99. The molecule has 1 aliphatic rings. The molecule has 1 amide bonds. The summed E-state index contributed by atoms with van der Waals surface area (Å²) in [6, 6.07) is 18.9. The summed E-state index contributed by atoms with van der Waals surface area (Å²) >= 11 is 0. The van der Waals surface area contributed by atoms with Crippen LogP contribution in [0.3, 0.4) is 0 Å². The van der Waals surface area contributed by atoms with Crippen molar-refractivity contribution in [3.8, 4) is 0 Å². The lowest BCUT2D eigenvalue weighted by atomic mass is 10.1. The molecule has 3 aromatic rings. The van der Waals surface area contributed by atoms with Gasteiger partial charge in [-0.05, 0) is 68.3 Å². The summed E-state index contributed by atoms with van der Waals surface area (Å²) in [5, 5.41) is 3.26. The molecule has 1 N–H and O–H groups in total. The van der Waals surface area contributed by atoms with E-state index in [0.29, 0.717) is 11.3 Å². The molecule has 0 aliphatic carbocycles. The number of amides is 1. The van der Waals surface area contributed by atoms with Gasteiger partial charge in [-0.3, -0.25) is 14.6 Å². The Morgan fingerprint density at radius 1 is 1.04 bits per heavy atom. The van der Waals surface area contributed by atoms with E-state index in [9.17, 15) is 9.59 Å². The van der Waals surface area contributed by atoms with Gasteiger partial charge in [-0.2, -0.15) is 0 Å². The second-order valence-corrected chi connectivity index (χ2v) is 7.05. The van der Waals surface area contributed by atoms with Crippen molar-refractivity contribution in [2.75, 3.05) is 10.2 Å². The SMILES string of the molecule is CC(=O)c1ccc(Nc2ccnc(C(=O)N3c4ccccc4CC3C)c2)cc1. The summed E-state index contributed by atoms with van der Waals surface area (Å²) in [6.07, 6.45) is 2.48. The van der Waals surface area contributed by atoms with Crippen LogP contribution >= 0.6 is 0 Å². The van der Waals surface area contributed by atoms with E-state index in [2.05, 4.69) is 23.3 Å². The fourth-order valence-corrected chi connectivity index (χ4v) is 3.58. The maximum absolute atomic E-state index is 13.1. The highest BCUT2D eigenvalue weighted by Crippen LogP contribution is 2.33. The highest BCUT2D eigenvalue weighted by atomic mass is 16.2. The normalized spacial score (nSPS) is 15.2. The number of para-hydroxylation sites is 1. The molecular weight excluding hydrogens is 350 g/mol. The molecule has 5 heteroatoms. The fourth-order valence-electron chi connectivity index (χ4n) is 3.58. The molecule has 0 fully saturated rings. The lowest BCUT2D eigenvalue weighted by Gasteiger charge is -2.22. The van der Waals surface area contributed by atoms with Crippen molar-refractivity contribution >= 4 is 28.8 Å². The van der Waals surface area contributed by atoms with Gasteiger partial charge in [-0.15, -0.1) is 0 Å². The number of nitrogens with zero attached hydrogens (tertiary/aromatic N) is 2. The van der Waals surface area contributed by atoms with E-state index in [1.807, 2.05) is 41.3 Å². The number of carbonyl (C=O) groups excluding carboxylic acids is 2. The van der Waals surface area contributed by atoms with Gasteiger partial charge in [0.2, 0.25) is 0 Å². The third-order valence-corrected chi connectivity index (χ3v) is 4.99. The predicted molar refractivity (Wildman–Crippen MR) is 110 cm³/mol. The van der Waals surface area contributed by atoms with Crippen molar-refractivity contribution in [2.24, 2.45) is 0 Å². The zero-order valence-corrected chi connectivity index (χ0v) is 15.8. The van der Waals surface area contributed by atoms with Crippen molar-refractivity contribution in [2.45, 2.75) is 26.3 Å². The molecule has 2 heterocycles. The number of fused-ring (bicyclic) bond motifs is 1. The van der Waals surface area contributed by atoms with E-state index in [0.717, 1.165) is 23.5 Å². The largest absolute Gasteiger partial charge is 0.355 e. The van der Waals surface area contributed by atoms with Crippen LogP contribution in [-0.2, 0) is 6.42 Å². The molecule has 1 atom stereocenters. The van der Waals surface area contributed by atoms with Crippen molar-refractivity contribution in [3.63, 3.8) is 0 Å². The number of pyridine rings is 1. The van der Waals surface area contributed by atoms with Crippen LogP contribution in [0.4, 0.5) is 17.1 Å². The van der Waals surface area contributed by atoms with Crippen LogP contribution in [0.5, 0.6) is 0 Å². The number of hydrogen-bond acceptors (Lipinski definition) is 4. The van der Waals surface area contributed by atoms with E-state index in [1.165, 1.54) is 5.56 Å². The number of anilines is 3. The molecule has 5 nitrogen and oxygen atoms in total. The molecule has 0 saturated heterocycles. The first-order valence-corrected chi connectivity index (χ1v) is 9.28. The monoisotopic (exact) mass is 371 g/mol. The predicted octanol–water partition coefficient (Wildman–Crippen LogP) is 4.62. The summed E-state index contributed by atoms with van der Waals surface area (Å²) in [5.41, 5.74) is 4.82. The molecule has 140 valence electrons. The number of nitrogens with one attached hydrogen (secondary N) is 1. The number of hydrogen-bond donors (Lipinski definition) is 1. The Hall–Kier alpha value is -3.47. The van der Waals surface area contributed by atoms with E-state index in [1.54, 1.807) is 31.3 Å². The van der Waals surface area contributed by atoms with Gasteiger partial charge in [0.25, 0.3) is 5.91 Å². The van der Waals surface area contributed by atoms with Crippen molar-refractivity contribution in [3.05, 3.63) is 83.7 Å². The molecule has 4 rings (SSSR count). The lowest BCUT2D eigenvalue weighted by Crippen LogP contribution is -2.36. The summed E-state index contributed by atoms with van der Waals surface area (Å²) in [4.78, 5) is 30.7. The van der Waals surface area contributed by atoms with Crippen LogP contribution in [0, 0.1) is 0 Å². The zero-order valence-electron chi connectivity index (χ0n) is 15.8. The second kappa shape index (κ2) is 7.27. The minimum absolute atomic E-state index is 0.0309. The number of ketones is 1. The number of rotatable bonds is 4. The minimum atomic E-state index is -0.104. The van der Waals surface area contributed by atoms with Gasteiger partial charge in [0.05, 0.1) is 0 Å². The van der Waals surface area contributed by atoms with Crippen LogP contribution in [0.15, 0.2) is 66.9 Å². The Morgan fingerprint density at radius 3 is 2.54 bits per heavy atom. The van der Waals surface area contributed by atoms with Gasteiger partial charge >= 0.3 is 0 Å². The van der Waals surface area contributed by atoms with Crippen molar-refractivity contribution in [1.29, 1.82) is 0 Å². The molecule has 0 spiro atoms. The van der Waals surface area contributed by atoms with Gasteiger partial charge in [-0.25, -0.2) is 0 Å². The molecule has 0 radical (unpaired) electrons. The van der Waals surface area contributed by atoms with Gasteiger partial charge < -0.3 is 10.2 Å². The van der Waals surface area contributed by atoms with E-state index in [-0.39, 0.29) is 17.7 Å². The molecule has 1 unspecified atom stereocenters. The van der Waals surface area contributed by atoms with E-state index >= 15 is 0 Å². The first-order valence-electron chi connectivity index (χ1n) is 9.28. The lowest BCUT2D eigenvalue weighted by molar-refractivity contribution is 0.0975. The Morgan fingerprint density at radius 2 is 1.79 bits per heavy atom. The minimum Gasteiger partial charge on any atom is -0.355 e. The Balaban J connectivity index is 1.57. The first kappa shape index (κ1) is 17.9. The Bertz CT molecular complexity index is 1040. The summed E-state index contributed by atoms with van der Waals surface area (Å²) < 4.78 is 0. The van der Waals surface area contributed by atoms with Crippen LogP contribution in [0.2, 0.25) is 0 Å². The van der Waals surface area contributed by atoms with Crippen LogP contribution in [0.1, 0.15) is 40.3 Å². The van der Waals surface area contributed by atoms with Gasteiger partial charge in [0, 0.05) is 34.9 Å². The van der Waals surface area contributed by atoms with Crippen molar-refractivity contribution in [1.82, 2.24) is 4.98 Å². The second-order valence-electron chi connectivity index (χ2n) is 7.05. The molecular formula is C23H21N3O2. The van der Waals surface area contributed by atoms with Crippen LogP contribution in [-0.4, -0.2) is 22.7 Å². The molecule has 2 aromatic carbocycles. The first-order chi connectivity index (χ1) is 13.5. The average molecular weight is 371 g/mol. The van der Waals surface area contributed by atoms with Crippen molar-refractivity contribution < 1.29 is 9.59 Å². The zero-order chi connectivity index (χ0) is 19.7. The van der Waals surface area contributed by atoms with Gasteiger partial charge in [0.1, 0.15) is 5.69 Å². The summed E-state index contributed by atoms with van der Waals surface area (Å²) in [5.74, 6) is -0.0728. The summed E-state index contributed by atoms with van der Waals surface area (Å²) in [7, 11) is 0. The molecule has 1 aliphatic heterocycles. The maximum Gasteiger partial charge on any atom is 0.277 e. The molecule has 1 aromatic heterocycles. The smallest absolute Gasteiger partial charge is 0.277 e. The number of Topliss-reactive ketones (excluding diaryl/α,β-unsaturated/α-hetero) is 1. The topological polar surface area (TPSA) is 62.3 Å². The fraction of sp³-hybridized carbons (Fsp3) is 0.174. The van der Waals surface area contributed by atoms with Crippen LogP contribution in [0.25, 0.3) is 0 Å².